The van der Waals surface area contributed by atoms with E-state index in [9.17, 15) is 9.18 Å². The van der Waals surface area contributed by atoms with E-state index in [2.05, 4.69) is 0 Å². The minimum absolute atomic E-state index is 0.0518. The fourth-order valence-corrected chi connectivity index (χ4v) is 1.98. The number of rotatable bonds is 4. The van der Waals surface area contributed by atoms with Gasteiger partial charge < -0.3 is 9.64 Å². The zero-order valence-corrected chi connectivity index (χ0v) is 12.5. The van der Waals surface area contributed by atoms with Crippen molar-refractivity contribution in [2.24, 2.45) is 0 Å². The van der Waals surface area contributed by atoms with Crippen molar-refractivity contribution >= 4 is 17.5 Å². The van der Waals surface area contributed by atoms with Crippen molar-refractivity contribution in [1.29, 1.82) is 0 Å². The van der Waals surface area contributed by atoms with Crippen molar-refractivity contribution in [1.82, 2.24) is 4.90 Å². The molecule has 0 spiro atoms. The first kappa shape index (κ1) is 15.3. The maximum atomic E-state index is 12.9. The van der Waals surface area contributed by atoms with Gasteiger partial charge in [0.15, 0.2) is 0 Å². The zero-order valence-electron chi connectivity index (χ0n) is 11.8. The molecule has 0 atom stereocenters. The van der Waals surface area contributed by atoms with E-state index in [4.69, 9.17) is 16.3 Å². The highest BCUT2D eigenvalue weighted by Crippen LogP contribution is 2.25. The predicted octanol–water partition coefficient (Wildman–Crippen LogP) is 3.76. The van der Waals surface area contributed by atoms with Gasteiger partial charge in [-0.2, -0.15) is 0 Å². The van der Waals surface area contributed by atoms with Gasteiger partial charge in [0, 0.05) is 19.7 Å². The first-order valence-electron chi connectivity index (χ1n) is 6.36. The molecule has 0 fully saturated rings. The van der Waals surface area contributed by atoms with Gasteiger partial charge in [-0.1, -0.05) is 23.7 Å². The van der Waals surface area contributed by atoms with Crippen LogP contribution in [0.2, 0.25) is 5.02 Å². The fraction of sp³-hybridized carbons (Fsp3) is 0.188. The van der Waals surface area contributed by atoms with Gasteiger partial charge in [0.05, 0.1) is 5.02 Å². The second-order valence-corrected chi connectivity index (χ2v) is 5.17. The molecule has 2 aromatic rings. The minimum atomic E-state index is -0.404. The number of hydrogen-bond donors (Lipinski definition) is 0. The van der Waals surface area contributed by atoms with Crippen LogP contribution in [0.3, 0.4) is 0 Å². The van der Waals surface area contributed by atoms with Gasteiger partial charge in [-0.25, -0.2) is 4.39 Å². The number of halogens is 2. The zero-order chi connectivity index (χ0) is 15.4. The molecule has 2 aromatic carbocycles. The normalized spacial score (nSPS) is 10.3. The Morgan fingerprint density at radius 2 is 1.86 bits per heavy atom. The second kappa shape index (κ2) is 6.59. The van der Waals surface area contributed by atoms with Gasteiger partial charge in [0.1, 0.15) is 18.2 Å². The summed E-state index contributed by atoms with van der Waals surface area (Å²) >= 11 is 5.88. The first-order chi connectivity index (χ1) is 9.97. The molecule has 1 amide bonds. The molecule has 0 saturated carbocycles. The van der Waals surface area contributed by atoms with Gasteiger partial charge >= 0.3 is 0 Å². The van der Waals surface area contributed by atoms with E-state index in [1.54, 1.807) is 26.2 Å². The maximum absolute atomic E-state index is 12.9. The van der Waals surface area contributed by atoms with Crippen LogP contribution in [0.15, 0.2) is 42.5 Å². The molecule has 21 heavy (non-hydrogen) atoms. The van der Waals surface area contributed by atoms with E-state index in [1.165, 1.54) is 23.1 Å². The molecule has 0 unspecified atom stereocenters. The molecule has 5 heteroatoms. The Labute approximate surface area is 127 Å². The number of carbonyl (C=O) groups excluding carboxylic acids is 1. The Balaban J connectivity index is 2.02. The van der Waals surface area contributed by atoms with Crippen LogP contribution in [-0.2, 0) is 6.61 Å². The Morgan fingerprint density at radius 1 is 1.19 bits per heavy atom. The fourth-order valence-electron chi connectivity index (χ4n) is 1.76. The van der Waals surface area contributed by atoms with Crippen LogP contribution >= 0.6 is 11.6 Å². The molecule has 0 radical (unpaired) electrons. The summed E-state index contributed by atoms with van der Waals surface area (Å²) < 4.78 is 18.5. The molecule has 0 aliphatic heterocycles. The number of amides is 1. The first-order valence-corrected chi connectivity index (χ1v) is 6.73. The SMILES string of the molecule is CN(C)C(=O)c1ccc(COc2ccc(F)cc2Cl)cc1. The summed E-state index contributed by atoms with van der Waals surface area (Å²) in [6.45, 7) is 0.293. The van der Waals surface area contributed by atoms with E-state index in [1.807, 2.05) is 12.1 Å². The van der Waals surface area contributed by atoms with E-state index in [0.717, 1.165) is 5.56 Å². The van der Waals surface area contributed by atoms with Crippen molar-refractivity contribution in [3.8, 4) is 5.75 Å². The van der Waals surface area contributed by atoms with Crippen molar-refractivity contribution in [3.05, 3.63) is 64.4 Å². The summed E-state index contributed by atoms with van der Waals surface area (Å²) in [4.78, 5) is 13.3. The summed E-state index contributed by atoms with van der Waals surface area (Å²) in [6.07, 6.45) is 0. The third-order valence-corrected chi connectivity index (χ3v) is 3.19. The average molecular weight is 308 g/mol. The molecule has 110 valence electrons. The van der Waals surface area contributed by atoms with E-state index >= 15 is 0 Å². The van der Waals surface area contributed by atoms with Crippen LogP contribution in [0.1, 0.15) is 15.9 Å². The molecular weight excluding hydrogens is 293 g/mol. The molecule has 2 rings (SSSR count). The van der Waals surface area contributed by atoms with Gasteiger partial charge in [-0.05, 0) is 35.9 Å². The monoisotopic (exact) mass is 307 g/mol. The standard InChI is InChI=1S/C16H15ClFNO2/c1-19(2)16(20)12-5-3-11(4-6-12)10-21-15-8-7-13(18)9-14(15)17/h3-9H,10H2,1-2H3. The van der Waals surface area contributed by atoms with Crippen molar-refractivity contribution in [2.45, 2.75) is 6.61 Å². The van der Waals surface area contributed by atoms with Crippen molar-refractivity contribution in [3.63, 3.8) is 0 Å². The number of carbonyl (C=O) groups is 1. The predicted molar refractivity (Wildman–Crippen MR) is 80.2 cm³/mol. The molecule has 0 aliphatic rings. The molecule has 0 saturated heterocycles. The quantitative estimate of drug-likeness (QED) is 0.860. The highest BCUT2D eigenvalue weighted by Gasteiger charge is 2.08. The molecule has 0 aromatic heterocycles. The summed E-state index contributed by atoms with van der Waals surface area (Å²) in [7, 11) is 3.41. The van der Waals surface area contributed by atoms with Gasteiger partial charge in [0.2, 0.25) is 0 Å². The van der Waals surface area contributed by atoms with Crippen molar-refractivity contribution in [2.75, 3.05) is 14.1 Å². The Morgan fingerprint density at radius 3 is 2.43 bits per heavy atom. The highest BCUT2D eigenvalue weighted by molar-refractivity contribution is 6.32. The molecule has 0 heterocycles. The van der Waals surface area contributed by atoms with Crippen LogP contribution in [0.25, 0.3) is 0 Å². The van der Waals surface area contributed by atoms with E-state index in [-0.39, 0.29) is 10.9 Å². The van der Waals surface area contributed by atoms with E-state index in [0.29, 0.717) is 17.9 Å². The summed E-state index contributed by atoms with van der Waals surface area (Å²) in [5.41, 5.74) is 1.51. The molecule has 0 aliphatic carbocycles. The lowest BCUT2D eigenvalue weighted by Gasteiger charge is -2.11. The topological polar surface area (TPSA) is 29.5 Å². The molecular formula is C16H15ClFNO2. The summed E-state index contributed by atoms with van der Waals surface area (Å²) in [5.74, 6) is -0.0329. The van der Waals surface area contributed by atoms with Crippen LogP contribution in [0.5, 0.6) is 5.75 Å². The number of nitrogens with zero attached hydrogens (tertiary/aromatic N) is 1. The minimum Gasteiger partial charge on any atom is -0.487 e. The third kappa shape index (κ3) is 3.95. The average Bonchev–Trinajstić information content (AvgIpc) is 2.46. The Hall–Kier alpha value is -2.07. The van der Waals surface area contributed by atoms with Gasteiger partial charge in [0.25, 0.3) is 5.91 Å². The Kier molecular flexibility index (Phi) is 4.81. The lowest BCUT2D eigenvalue weighted by Crippen LogP contribution is -2.21. The van der Waals surface area contributed by atoms with Gasteiger partial charge in [-0.3, -0.25) is 4.79 Å². The molecule has 0 N–H and O–H groups in total. The smallest absolute Gasteiger partial charge is 0.253 e. The second-order valence-electron chi connectivity index (χ2n) is 4.76. The van der Waals surface area contributed by atoms with Crippen LogP contribution in [-0.4, -0.2) is 24.9 Å². The molecule has 3 nitrogen and oxygen atoms in total. The van der Waals surface area contributed by atoms with Crippen LogP contribution in [0, 0.1) is 5.82 Å². The Bertz CT molecular complexity index is 641. The largest absolute Gasteiger partial charge is 0.487 e. The molecule has 0 bridgehead atoms. The number of ether oxygens (including phenoxy) is 1. The van der Waals surface area contributed by atoms with Crippen molar-refractivity contribution < 1.29 is 13.9 Å². The lowest BCUT2D eigenvalue weighted by molar-refractivity contribution is 0.0827. The van der Waals surface area contributed by atoms with Crippen LogP contribution in [0.4, 0.5) is 4.39 Å². The van der Waals surface area contributed by atoms with Gasteiger partial charge in [-0.15, -0.1) is 0 Å². The van der Waals surface area contributed by atoms with Crippen LogP contribution < -0.4 is 4.74 Å². The summed E-state index contributed by atoms with van der Waals surface area (Å²) in [5, 5.41) is 0.231. The lowest BCUT2D eigenvalue weighted by atomic mass is 10.1. The third-order valence-electron chi connectivity index (χ3n) is 2.90. The number of hydrogen-bond acceptors (Lipinski definition) is 2. The maximum Gasteiger partial charge on any atom is 0.253 e. The van der Waals surface area contributed by atoms with E-state index < -0.39 is 5.82 Å². The highest BCUT2D eigenvalue weighted by atomic mass is 35.5. The summed E-state index contributed by atoms with van der Waals surface area (Å²) in [6, 6.07) is 11.1. The number of benzene rings is 2.